The number of ether oxygens (including phenoxy) is 1. The van der Waals surface area contributed by atoms with E-state index in [4.69, 9.17) is 4.74 Å². The molecule has 16 heavy (non-hydrogen) atoms. The van der Waals surface area contributed by atoms with Gasteiger partial charge in [0.15, 0.2) is 0 Å². The number of likely N-dealkylation sites (N-methyl/N-ethyl adjacent to an activating group) is 1. The first-order chi connectivity index (χ1) is 7.56. The number of hydrogen-bond acceptors (Lipinski definition) is 3. The van der Waals surface area contributed by atoms with Crippen LogP contribution in [0.1, 0.15) is 18.6 Å². The van der Waals surface area contributed by atoms with Crippen molar-refractivity contribution < 1.29 is 9.84 Å². The van der Waals surface area contributed by atoms with Crippen LogP contribution in [-0.4, -0.2) is 32.4 Å². The normalized spacial score (nSPS) is 12.6. The van der Waals surface area contributed by atoms with Crippen LogP contribution in [0.4, 0.5) is 5.69 Å². The number of aliphatic hydroxyl groups excluding tert-OH is 1. The second-order valence-corrected chi connectivity index (χ2v) is 4.65. The average molecular weight is 288 g/mol. The monoisotopic (exact) mass is 287 g/mol. The van der Waals surface area contributed by atoms with E-state index in [2.05, 4.69) is 20.8 Å². The van der Waals surface area contributed by atoms with Crippen LogP contribution in [0.25, 0.3) is 0 Å². The average Bonchev–Trinajstić information content (AvgIpc) is 2.25. The number of halogens is 1. The first-order valence-corrected chi connectivity index (χ1v) is 6.03. The number of hydrogen-bond donors (Lipinski definition) is 1. The molecule has 0 aliphatic carbocycles. The van der Waals surface area contributed by atoms with Crippen molar-refractivity contribution in [2.45, 2.75) is 13.0 Å². The van der Waals surface area contributed by atoms with Gasteiger partial charge in [0.25, 0.3) is 0 Å². The van der Waals surface area contributed by atoms with E-state index < -0.39 is 6.10 Å². The molecule has 0 aromatic heterocycles. The molecule has 1 atom stereocenters. The molecule has 0 heterocycles. The SMILES string of the molecule is COCCN(C)c1ccc(C(C)O)c(Br)c1. The second kappa shape index (κ2) is 6.23. The fourth-order valence-corrected chi connectivity index (χ4v) is 2.15. The molecule has 90 valence electrons. The van der Waals surface area contributed by atoms with Gasteiger partial charge in [0.05, 0.1) is 12.7 Å². The van der Waals surface area contributed by atoms with E-state index in [9.17, 15) is 5.11 Å². The minimum Gasteiger partial charge on any atom is -0.389 e. The third kappa shape index (κ3) is 3.47. The second-order valence-electron chi connectivity index (χ2n) is 3.80. The predicted molar refractivity (Wildman–Crippen MR) is 69.9 cm³/mol. The lowest BCUT2D eigenvalue weighted by Crippen LogP contribution is -2.22. The summed E-state index contributed by atoms with van der Waals surface area (Å²) in [4.78, 5) is 2.11. The zero-order chi connectivity index (χ0) is 12.1. The molecule has 0 radical (unpaired) electrons. The summed E-state index contributed by atoms with van der Waals surface area (Å²) in [7, 11) is 3.71. The molecule has 3 nitrogen and oxygen atoms in total. The van der Waals surface area contributed by atoms with E-state index >= 15 is 0 Å². The molecule has 0 bridgehead atoms. The lowest BCUT2D eigenvalue weighted by Gasteiger charge is -2.20. The maximum atomic E-state index is 9.51. The maximum absolute atomic E-state index is 9.51. The number of anilines is 1. The smallest absolute Gasteiger partial charge is 0.0772 e. The minimum atomic E-state index is -0.451. The van der Waals surface area contributed by atoms with Gasteiger partial charge in [0, 0.05) is 30.9 Å². The molecule has 0 saturated heterocycles. The van der Waals surface area contributed by atoms with Crippen LogP contribution in [-0.2, 0) is 4.74 Å². The Morgan fingerprint density at radius 3 is 2.69 bits per heavy atom. The van der Waals surface area contributed by atoms with Crippen LogP contribution in [0.5, 0.6) is 0 Å². The Hall–Kier alpha value is -0.580. The highest BCUT2D eigenvalue weighted by Crippen LogP contribution is 2.27. The Morgan fingerprint density at radius 1 is 1.50 bits per heavy atom. The highest BCUT2D eigenvalue weighted by atomic mass is 79.9. The standard InChI is InChI=1S/C12H18BrNO2/c1-9(15)11-5-4-10(8-12(11)13)14(2)6-7-16-3/h4-5,8-9,15H,6-7H2,1-3H3. The Balaban J connectivity index is 2.80. The van der Waals surface area contributed by atoms with Crippen molar-refractivity contribution >= 4 is 21.6 Å². The lowest BCUT2D eigenvalue weighted by atomic mass is 10.1. The summed E-state index contributed by atoms with van der Waals surface area (Å²) >= 11 is 3.47. The number of rotatable bonds is 5. The summed E-state index contributed by atoms with van der Waals surface area (Å²) in [5.74, 6) is 0. The fourth-order valence-electron chi connectivity index (χ4n) is 1.45. The van der Waals surface area contributed by atoms with Crippen LogP contribution in [0.15, 0.2) is 22.7 Å². The fraction of sp³-hybridized carbons (Fsp3) is 0.500. The van der Waals surface area contributed by atoms with E-state index in [0.717, 1.165) is 22.3 Å². The molecular weight excluding hydrogens is 270 g/mol. The van der Waals surface area contributed by atoms with Crippen molar-refractivity contribution in [2.24, 2.45) is 0 Å². The molecule has 0 aliphatic heterocycles. The van der Waals surface area contributed by atoms with Crippen molar-refractivity contribution in [3.63, 3.8) is 0 Å². The lowest BCUT2D eigenvalue weighted by molar-refractivity contribution is 0.198. The summed E-state index contributed by atoms with van der Waals surface area (Å²) in [6.45, 7) is 3.30. The molecule has 0 aliphatic rings. The highest BCUT2D eigenvalue weighted by molar-refractivity contribution is 9.10. The summed E-state index contributed by atoms with van der Waals surface area (Å²) in [5, 5.41) is 9.51. The third-order valence-electron chi connectivity index (χ3n) is 2.51. The van der Waals surface area contributed by atoms with Crippen LogP contribution in [0.2, 0.25) is 0 Å². The molecule has 1 unspecified atom stereocenters. The minimum absolute atomic E-state index is 0.451. The van der Waals surface area contributed by atoms with E-state index in [1.165, 1.54) is 0 Å². The summed E-state index contributed by atoms with van der Waals surface area (Å²) in [5.41, 5.74) is 2.01. The molecule has 4 heteroatoms. The maximum Gasteiger partial charge on any atom is 0.0772 e. The van der Waals surface area contributed by atoms with Gasteiger partial charge in [-0.15, -0.1) is 0 Å². The van der Waals surface area contributed by atoms with Crippen molar-refractivity contribution in [1.82, 2.24) is 0 Å². The zero-order valence-corrected chi connectivity index (χ0v) is 11.5. The number of aliphatic hydroxyl groups is 1. The quantitative estimate of drug-likeness (QED) is 0.904. The number of methoxy groups -OCH3 is 1. The van der Waals surface area contributed by atoms with Gasteiger partial charge >= 0.3 is 0 Å². The van der Waals surface area contributed by atoms with Crippen LogP contribution < -0.4 is 4.90 Å². The summed E-state index contributed by atoms with van der Waals surface area (Å²) in [6.07, 6.45) is -0.451. The molecule has 1 N–H and O–H groups in total. The molecule has 0 saturated carbocycles. The van der Waals surface area contributed by atoms with Crippen LogP contribution >= 0.6 is 15.9 Å². The van der Waals surface area contributed by atoms with Crippen LogP contribution in [0.3, 0.4) is 0 Å². The highest BCUT2D eigenvalue weighted by Gasteiger charge is 2.08. The van der Waals surface area contributed by atoms with Gasteiger partial charge < -0.3 is 14.7 Å². The van der Waals surface area contributed by atoms with Crippen LogP contribution in [0, 0.1) is 0 Å². The molecule has 1 rings (SSSR count). The van der Waals surface area contributed by atoms with E-state index in [1.807, 2.05) is 25.2 Å². The van der Waals surface area contributed by atoms with Gasteiger partial charge in [-0.05, 0) is 24.6 Å². The molecule has 0 amide bonds. The third-order valence-corrected chi connectivity index (χ3v) is 3.19. The van der Waals surface area contributed by atoms with Crippen molar-refractivity contribution in [3.05, 3.63) is 28.2 Å². The van der Waals surface area contributed by atoms with E-state index in [0.29, 0.717) is 6.61 Å². The first kappa shape index (κ1) is 13.5. The Bertz CT molecular complexity index is 342. The molecule has 1 aromatic carbocycles. The van der Waals surface area contributed by atoms with Crippen molar-refractivity contribution in [3.8, 4) is 0 Å². The first-order valence-electron chi connectivity index (χ1n) is 5.24. The summed E-state index contributed by atoms with van der Waals surface area (Å²) < 4.78 is 5.97. The van der Waals surface area contributed by atoms with Gasteiger partial charge in [-0.2, -0.15) is 0 Å². The number of nitrogens with zero attached hydrogens (tertiary/aromatic N) is 1. The molecule has 1 aromatic rings. The molecular formula is C12H18BrNO2. The van der Waals surface area contributed by atoms with E-state index in [1.54, 1.807) is 14.0 Å². The van der Waals surface area contributed by atoms with Crippen molar-refractivity contribution in [2.75, 3.05) is 32.2 Å². The Morgan fingerprint density at radius 2 is 2.19 bits per heavy atom. The van der Waals surface area contributed by atoms with Crippen molar-refractivity contribution in [1.29, 1.82) is 0 Å². The van der Waals surface area contributed by atoms with Gasteiger partial charge in [-0.1, -0.05) is 22.0 Å². The van der Waals surface area contributed by atoms with Gasteiger partial charge in [0.1, 0.15) is 0 Å². The van der Waals surface area contributed by atoms with Gasteiger partial charge in [-0.25, -0.2) is 0 Å². The summed E-state index contributed by atoms with van der Waals surface area (Å²) in [6, 6.07) is 5.95. The number of benzene rings is 1. The Labute approximate surface area is 105 Å². The van der Waals surface area contributed by atoms with Gasteiger partial charge in [-0.3, -0.25) is 0 Å². The predicted octanol–water partition coefficient (Wildman–Crippen LogP) is 2.59. The molecule has 0 fully saturated rings. The van der Waals surface area contributed by atoms with Gasteiger partial charge in [0.2, 0.25) is 0 Å². The Kier molecular flexibility index (Phi) is 5.25. The molecule has 0 spiro atoms. The zero-order valence-electron chi connectivity index (χ0n) is 9.90. The largest absolute Gasteiger partial charge is 0.389 e. The topological polar surface area (TPSA) is 32.7 Å². The van der Waals surface area contributed by atoms with E-state index in [-0.39, 0.29) is 0 Å².